The summed E-state index contributed by atoms with van der Waals surface area (Å²) in [6, 6.07) is 4.83. The Hall–Kier alpha value is -1.44. The molecule has 106 valence electrons. The van der Waals surface area contributed by atoms with Crippen LogP contribution in [0.1, 0.15) is 25.0 Å². The standard InChI is InChI=1S/C12H17NO5S/c1-8-6-5-7-10(9(8)2)19(16,17)13-18-12(3,4)11(14)15/h5-7,13H,1-4H3,(H,14,15). The van der Waals surface area contributed by atoms with E-state index in [0.717, 1.165) is 5.56 Å². The molecule has 0 saturated heterocycles. The fraction of sp³-hybridized carbons (Fsp3) is 0.417. The van der Waals surface area contributed by atoms with Crippen molar-refractivity contribution in [2.75, 3.05) is 0 Å². The van der Waals surface area contributed by atoms with Crippen molar-refractivity contribution in [2.45, 2.75) is 38.2 Å². The molecule has 0 amide bonds. The summed E-state index contributed by atoms with van der Waals surface area (Å²) in [6.07, 6.45) is 0. The van der Waals surface area contributed by atoms with Crippen molar-refractivity contribution in [2.24, 2.45) is 0 Å². The molecule has 1 rings (SSSR count). The number of benzene rings is 1. The molecule has 0 aromatic heterocycles. The quantitative estimate of drug-likeness (QED) is 0.798. The molecule has 0 atom stereocenters. The van der Waals surface area contributed by atoms with Gasteiger partial charge in [-0.05, 0) is 44.9 Å². The summed E-state index contributed by atoms with van der Waals surface area (Å²) < 4.78 is 24.1. The molecule has 7 heteroatoms. The summed E-state index contributed by atoms with van der Waals surface area (Å²) in [5.41, 5.74) is -0.239. The fourth-order valence-corrected chi connectivity index (χ4v) is 2.49. The number of rotatable bonds is 5. The molecule has 0 unspecified atom stereocenters. The molecule has 0 aliphatic rings. The van der Waals surface area contributed by atoms with Crippen molar-refractivity contribution >= 4 is 16.0 Å². The van der Waals surface area contributed by atoms with Crippen molar-refractivity contribution < 1.29 is 23.2 Å². The summed E-state index contributed by atoms with van der Waals surface area (Å²) in [5, 5.41) is 8.85. The molecule has 2 N–H and O–H groups in total. The number of carboxylic acids is 1. The van der Waals surface area contributed by atoms with Gasteiger partial charge in [-0.15, -0.1) is 0 Å². The second-order valence-corrected chi connectivity index (χ2v) is 6.32. The molecule has 0 heterocycles. The topological polar surface area (TPSA) is 92.7 Å². The van der Waals surface area contributed by atoms with Crippen LogP contribution in [-0.4, -0.2) is 25.1 Å². The highest BCUT2D eigenvalue weighted by atomic mass is 32.2. The lowest BCUT2D eigenvalue weighted by molar-refractivity contribution is -0.165. The Morgan fingerprint density at radius 2 is 1.89 bits per heavy atom. The lowest BCUT2D eigenvalue weighted by Gasteiger charge is -2.20. The van der Waals surface area contributed by atoms with E-state index in [4.69, 9.17) is 9.94 Å². The summed E-state index contributed by atoms with van der Waals surface area (Å²) in [6.45, 7) is 5.96. The molecular formula is C12H17NO5S. The van der Waals surface area contributed by atoms with E-state index in [9.17, 15) is 13.2 Å². The largest absolute Gasteiger partial charge is 0.479 e. The second-order valence-electron chi connectivity index (χ2n) is 4.70. The van der Waals surface area contributed by atoms with Crippen molar-refractivity contribution in [3.63, 3.8) is 0 Å². The Morgan fingerprint density at radius 1 is 1.32 bits per heavy atom. The number of hydrogen-bond acceptors (Lipinski definition) is 4. The van der Waals surface area contributed by atoms with E-state index < -0.39 is 21.6 Å². The highest BCUT2D eigenvalue weighted by molar-refractivity contribution is 7.89. The fourth-order valence-electron chi connectivity index (χ4n) is 1.26. The van der Waals surface area contributed by atoms with Gasteiger partial charge in [0.15, 0.2) is 5.60 Å². The predicted molar refractivity (Wildman–Crippen MR) is 69.0 cm³/mol. The van der Waals surface area contributed by atoms with Gasteiger partial charge in [-0.2, -0.15) is 0 Å². The molecule has 1 aromatic carbocycles. The van der Waals surface area contributed by atoms with Crippen molar-refractivity contribution in [1.82, 2.24) is 4.89 Å². The summed E-state index contributed by atoms with van der Waals surface area (Å²) in [7, 11) is -3.92. The lowest BCUT2D eigenvalue weighted by atomic mass is 10.1. The van der Waals surface area contributed by atoms with Gasteiger partial charge in [0.2, 0.25) is 0 Å². The number of carbonyl (C=O) groups is 1. The van der Waals surface area contributed by atoms with Crippen LogP contribution in [-0.2, 0) is 19.7 Å². The van der Waals surface area contributed by atoms with Gasteiger partial charge in [-0.25, -0.2) is 13.2 Å². The molecule has 19 heavy (non-hydrogen) atoms. The monoisotopic (exact) mass is 287 g/mol. The van der Waals surface area contributed by atoms with Crippen LogP contribution >= 0.6 is 0 Å². The van der Waals surface area contributed by atoms with E-state index in [1.165, 1.54) is 19.9 Å². The third kappa shape index (κ3) is 3.52. The average molecular weight is 287 g/mol. The number of aryl methyl sites for hydroxylation is 1. The number of sulfonamides is 1. The van der Waals surface area contributed by atoms with E-state index in [-0.39, 0.29) is 4.90 Å². The zero-order chi connectivity index (χ0) is 14.8. The van der Waals surface area contributed by atoms with Crippen molar-refractivity contribution in [3.05, 3.63) is 29.3 Å². The summed E-state index contributed by atoms with van der Waals surface area (Å²) in [4.78, 5) is 17.5. The van der Waals surface area contributed by atoms with Crippen LogP contribution in [0.25, 0.3) is 0 Å². The molecule has 0 spiro atoms. The third-order valence-corrected chi connectivity index (χ3v) is 4.09. The minimum absolute atomic E-state index is 0.0636. The smallest absolute Gasteiger partial charge is 0.337 e. The number of nitrogens with one attached hydrogen (secondary N) is 1. The van der Waals surface area contributed by atoms with Crippen LogP contribution in [0.2, 0.25) is 0 Å². The van der Waals surface area contributed by atoms with E-state index in [0.29, 0.717) is 5.56 Å². The first-order valence-corrected chi connectivity index (χ1v) is 7.05. The number of hydrogen-bond donors (Lipinski definition) is 2. The maximum atomic E-state index is 12.0. The van der Waals surface area contributed by atoms with Gasteiger partial charge in [-0.3, -0.25) is 4.84 Å². The molecule has 1 aromatic rings. The third-order valence-electron chi connectivity index (χ3n) is 2.77. The lowest BCUT2D eigenvalue weighted by Crippen LogP contribution is -2.42. The Bertz CT molecular complexity index is 592. The van der Waals surface area contributed by atoms with Crippen LogP contribution in [0.5, 0.6) is 0 Å². The van der Waals surface area contributed by atoms with Gasteiger partial charge >= 0.3 is 5.97 Å². The zero-order valence-corrected chi connectivity index (χ0v) is 12.0. The minimum Gasteiger partial charge on any atom is -0.479 e. The van der Waals surface area contributed by atoms with E-state index in [1.54, 1.807) is 26.0 Å². The van der Waals surface area contributed by atoms with Crippen LogP contribution < -0.4 is 4.89 Å². The van der Waals surface area contributed by atoms with Gasteiger partial charge in [0, 0.05) is 0 Å². The maximum absolute atomic E-state index is 12.0. The molecule has 0 saturated carbocycles. The summed E-state index contributed by atoms with van der Waals surface area (Å²) >= 11 is 0. The molecule has 0 radical (unpaired) electrons. The minimum atomic E-state index is -3.92. The number of aliphatic carboxylic acids is 1. The van der Waals surface area contributed by atoms with E-state index in [2.05, 4.69) is 0 Å². The highest BCUT2D eigenvalue weighted by Crippen LogP contribution is 2.19. The zero-order valence-electron chi connectivity index (χ0n) is 11.2. The average Bonchev–Trinajstić information content (AvgIpc) is 2.30. The Balaban J connectivity index is 3.01. The molecule has 0 aliphatic heterocycles. The van der Waals surface area contributed by atoms with Gasteiger partial charge in [0.25, 0.3) is 10.0 Å². The van der Waals surface area contributed by atoms with Gasteiger partial charge in [0.1, 0.15) is 0 Å². The highest BCUT2D eigenvalue weighted by Gasteiger charge is 2.31. The Labute approximate surface area is 112 Å². The van der Waals surface area contributed by atoms with E-state index in [1.807, 2.05) is 4.89 Å². The summed E-state index contributed by atoms with van der Waals surface area (Å²) in [5.74, 6) is -1.27. The predicted octanol–water partition coefficient (Wildman–Crippen LogP) is 1.38. The molecule has 0 fully saturated rings. The second kappa shape index (κ2) is 5.28. The van der Waals surface area contributed by atoms with Gasteiger partial charge in [0.05, 0.1) is 4.90 Å². The molecule has 6 nitrogen and oxygen atoms in total. The van der Waals surface area contributed by atoms with Crippen molar-refractivity contribution in [3.8, 4) is 0 Å². The maximum Gasteiger partial charge on any atom is 0.337 e. The van der Waals surface area contributed by atoms with Crippen LogP contribution in [0.3, 0.4) is 0 Å². The van der Waals surface area contributed by atoms with Crippen molar-refractivity contribution in [1.29, 1.82) is 0 Å². The first kappa shape index (κ1) is 15.6. The molecule has 0 aliphatic carbocycles. The molecule has 0 bridgehead atoms. The Kier molecular flexibility index (Phi) is 4.34. The van der Waals surface area contributed by atoms with E-state index >= 15 is 0 Å². The van der Waals surface area contributed by atoms with Gasteiger partial charge < -0.3 is 5.11 Å². The normalized spacial score (nSPS) is 12.4. The molecular weight excluding hydrogens is 270 g/mol. The van der Waals surface area contributed by atoms with Crippen LogP contribution in [0.4, 0.5) is 0 Å². The van der Waals surface area contributed by atoms with Crippen LogP contribution in [0.15, 0.2) is 23.1 Å². The Morgan fingerprint density at radius 3 is 2.42 bits per heavy atom. The van der Waals surface area contributed by atoms with Gasteiger partial charge in [-0.1, -0.05) is 17.0 Å². The SMILES string of the molecule is Cc1cccc(S(=O)(=O)NOC(C)(C)C(=O)O)c1C. The number of carboxylic acid groups (broad SMARTS) is 1. The first-order chi connectivity index (χ1) is 8.58. The van der Waals surface area contributed by atoms with Crippen LogP contribution in [0, 0.1) is 13.8 Å². The first-order valence-electron chi connectivity index (χ1n) is 5.57.